The maximum absolute atomic E-state index is 12.7. The Morgan fingerprint density at radius 1 is 1.13 bits per heavy atom. The molecule has 0 unspecified atom stereocenters. The van der Waals surface area contributed by atoms with Crippen LogP contribution < -0.4 is 5.32 Å². The Morgan fingerprint density at radius 3 is 2.61 bits per heavy atom. The van der Waals surface area contributed by atoms with Crippen molar-refractivity contribution in [2.45, 2.75) is 76.3 Å². The number of nitrogens with zero attached hydrogens (tertiary/aromatic N) is 3. The van der Waals surface area contributed by atoms with Crippen molar-refractivity contribution in [2.75, 3.05) is 6.54 Å². The molecule has 1 aromatic heterocycles. The third-order valence-corrected chi connectivity index (χ3v) is 5.25. The van der Waals surface area contributed by atoms with Crippen LogP contribution in [-0.4, -0.2) is 33.7 Å². The first-order chi connectivity index (χ1) is 11.3. The highest BCUT2D eigenvalue weighted by molar-refractivity contribution is 5.74. The minimum Gasteiger partial charge on any atom is -0.337 e. The summed E-state index contributed by atoms with van der Waals surface area (Å²) in [5.41, 5.74) is 0. The first kappa shape index (κ1) is 15.0. The Labute approximate surface area is 137 Å². The van der Waals surface area contributed by atoms with Crippen molar-refractivity contribution >= 4 is 6.03 Å². The summed E-state index contributed by atoms with van der Waals surface area (Å²) in [6.45, 7) is 1.25. The van der Waals surface area contributed by atoms with E-state index in [0.29, 0.717) is 30.3 Å². The van der Waals surface area contributed by atoms with E-state index in [1.807, 2.05) is 0 Å². The molecule has 0 aromatic carbocycles. The summed E-state index contributed by atoms with van der Waals surface area (Å²) in [6.07, 6.45) is 10.9. The van der Waals surface area contributed by atoms with Crippen molar-refractivity contribution in [3.63, 3.8) is 0 Å². The van der Waals surface area contributed by atoms with Crippen LogP contribution in [-0.2, 0) is 6.54 Å². The van der Waals surface area contributed by atoms with Gasteiger partial charge in [0.1, 0.15) is 0 Å². The summed E-state index contributed by atoms with van der Waals surface area (Å²) in [4.78, 5) is 19.1. The summed E-state index contributed by atoms with van der Waals surface area (Å²) < 4.78 is 5.24. The number of urea groups is 1. The smallest absolute Gasteiger partial charge is 0.318 e. The third kappa shape index (κ3) is 3.85. The largest absolute Gasteiger partial charge is 0.337 e. The second-order valence-electron chi connectivity index (χ2n) is 7.37. The highest BCUT2D eigenvalue weighted by Gasteiger charge is 2.32. The minimum atomic E-state index is 0.0370. The van der Waals surface area contributed by atoms with Gasteiger partial charge in [-0.25, -0.2) is 4.79 Å². The van der Waals surface area contributed by atoms with E-state index in [2.05, 4.69) is 20.4 Å². The van der Waals surface area contributed by atoms with E-state index in [1.54, 1.807) is 0 Å². The van der Waals surface area contributed by atoms with Crippen LogP contribution in [0.2, 0.25) is 0 Å². The van der Waals surface area contributed by atoms with Gasteiger partial charge in [-0.1, -0.05) is 24.4 Å². The van der Waals surface area contributed by atoms with Crippen LogP contribution in [0.5, 0.6) is 0 Å². The molecule has 3 fully saturated rings. The molecule has 3 aliphatic carbocycles. The van der Waals surface area contributed by atoms with Crippen molar-refractivity contribution < 1.29 is 9.32 Å². The van der Waals surface area contributed by atoms with E-state index in [9.17, 15) is 4.79 Å². The molecule has 4 rings (SSSR count). The zero-order chi connectivity index (χ0) is 15.6. The monoisotopic (exact) mass is 318 g/mol. The lowest BCUT2D eigenvalue weighted by Gasteiger charge is -2.34. The zero-order valence-corrected chi connectivity index (χ0v) is 13.7. The van der Waals surface area contributed by atoms with Crippen molar-refractivity contribution in [3.05, 3.63) is 11.7 Å². The van der Waals surface area contributed by atoms with Crippen LogP contribution in [0.25, 0.3) is 0 Å². The summed E-state index contributed by atoms with van der Waals surface area (Å²) in [5, 5.41) is 6.99. The number of nitrogens with one attached hydrogen (secondary N) is 1. The molecular formula is C17H26N4O2. The first-order valence-corrected chi connectivity index (χ1v) is 9.16. The topological polar surface area (TPSA) is 71.3 Å². The number of rotatable bonds is 6. The lowest BCUT2D eigenvalue weighted by molar-refractivity contribution is 0.150. The Balaban J connectivity index is 1.33. The minimum absolute atomic E-state index is 0.0370. The fourth-order valence-electron chi connectivity index (χ4n) is 3.47. The van der Waals surface area contributed by atoms with E-state index in [1.165, 1.54) is 32.1 Å². The van der Waals surface area contributed by atoms with Crippen molar-refractivity contribution in [3.8, 4) is 0 Å². The summed E-state index contributed by atoms with van der Waals surface area (Å²) in [7, 11) is 0. The van der Waals surface area contributed by atoms with Crippen LogP contribution in [0, 0.1) is 5.92 Å². The van der Waals surface area contributed by atoms with Gasteiger partial charge in [0.05, 0.1) is 6.54 Å². The molecular weight excluding hydrogens is 292 g/mol. The standard InChI is InChI=1S/C17H26N4O2/c22-17(18-10-15-19-16(20-23-15)13-8-9-13)21(11-12-6-7-12)14-4-2-1-3-5-14/h12-14H,1-11H2,(H,18,22). The average Bonchev–Trinajstić information content (AvgIpc) is 3.51. The molecule has 0 bridgehead atoms. The molecule has 6 nitrogen and oxygen atoms in total. The van der Waals surface area contributed by atoms with Gasteiger partial charge in [-0.2, -0.15) is 4.98 Å². The van der Waals surface area contributed by atoms with Gasteiger partial charge in [-0.05, 0) is 44.4 Å². The molecule has 0 radical (unpaired) electrons. The highest BCUT2D eigenvalue weighted by atomic mass is 16.5. The van der Waals surface area contributed by atoms with Crippen molar-refractivity contribution in [2.24, 2.45) is 5.92 Å². The fraction of sp³-hybridized carbons (Fsp3) is 0.824. The summed E-state index contributed by atoms with van der Waals surface area (Å²) in [6, 6.07) is 0.448. The van der Waals surface area contributed by atoms with Gasteiger partial charge in [-0.15, -0.1) is 0 Å². The Morgan fingerprint density at radius 2 is 1.91 bits per heavy atom. The Kier molecular flexibility index (Phi) is 4.23. The third-order valence-electron chi connectivity index (χ3n) is 5.25. The van der Waals surface area contributed by atoms with E-state index < -0.39 is 0 Å². The van der Waals surface area contributed by atoms with Gasteiger partial charge < -0.3 is 14.7 Å². The molecule has 1 heterocycles. The molecule has 23 heavy (non-hydrogen) atoms. The number of hydrogen-bond donors (Lipinski definition) is 1. The maximum Gasteiger partial charge on any atom is 0.318 e. The first-order valence-electron chi connectivity index (χ1n) is 9.16. The van der Waals surface area contributed by atoms with Gasteiger partial charge in [0.25, 0.3) is 0 Å². The van der Waals surface area contributed by atoms with E-state index in [4.69, 9.17) is 4.52 Å². The van der Waals surface area contributed by atoms with Gasteiger partial charge >= 0.3 is 6.03 Å². The average molecular weight is 318 g/mol. The second-order valence-corrected chi connectivity index (χ2v) is 7.37. The molecule has 2 amide bonds. The van der Waals surface area contributed by atoms with Crippen LogP contribution in [0.1, 0.15) is 75.4 Å². The molecule has 0 saturated heterocycles. The molecule has 3 saturated carbocycles. The zero-order valence-electron chi connectivity index (χ0n) is 13.7. The summed E-state index contributed by atoms with van der Waals surface area (Å²) >= 11 is 0. The number of carbonyl (C=O) groups excluding carboxylic acids is 1. The van der Waals surface area contributed by atoms with Gasteiger partial charge in [-0.3, -0.25) is 0 Å². The lowest BCUT2D eigenvalue weighted by Crippen LogP contribution is -2.47. The molecule has 0 atom stereocenters. The van der Waals surface area contributed by atoms with Gasteiger partial charge in [0.15, 0.2) is 5.82 Å². The van der Waals surface area contributed by atoms with E-state index >= 15 is 0 Å². The predicted molar refractivity (Wildman–Crippen MR) is 84.8 cm³/mol. The van der Waals surface area contributed by atoms with Crippen LogP contribution in [0.4, 0.5) is 4.79 Å². The molecule has 6 heteroatoms. The van der Waals surface area contributed by atoms with E-state index in [0.717, 1.165) is 38.1 Å². The molecule has 1 aromatic rings. The molecule has 126 valence electrons. The van der Waals surface area contributed by atoms with Crippen LogP contribution in [0.3, 0.4) is 0 Å². The Hall–Kier alpha value is -1.59. The number of amides is 2. The second kappa shape index (κ2) is 6.49. The number of hydrogen-bond acceptors (Lipinski definition) is 4. The van der Waals surface area contributed by atoms with Gasteiger partial charge in [0, 0.05) is 18.5 Å². The molecule has 0 spiro atoms. The van der Waals surface area contributed by atoms with Gasteiger partial charge in [0.2, 0.25) is 5.89 Å². The quantitative estimate of drug-likeness (QED) is 0.874. The highest BCUT2D eigenvalue weighted by Crippen LogP contribution is 2.38. The number of aromatic nitrogens is 2. The van der Waals surface area contributed by atoms with Crippen molar-refractivity contribution in [1.82, 2.24) is 20.4 Å². The Bertz CT molecular complexity index is 545. The molecule has 1 N–H and O–H groups in total. The lowest BCUT2D eigenvalue weighted by atomic mass is 9.94. The van der Waals surface area contributed by atoms with Crippen LogP contribution >= 0.6 is 0 Å². The normalized spacial score (nSPS) is 22.1. The molecule has 3 aliphatic rings. The summed E-state index contributed by atoms with van der Waals surface area (Å²) in [5.74, 6) is 2.52. The SMILES string of the molecule is O=C(NCc1nc(C2CC2)no1)N(CC1CC1)C1CCCCC1. The fourth-order valence-corrected chi connectivity index (χ4v) is 3.47. The maximum atomic E-state index is 12.7. The molecule has 0 aliphatic heterocycles. The number of carbonyl (C=O) groups is 1. The van der Waals surface area contributed by atoms with E-state index in [-0.39, 0.29) is 6.03 Å². The predicted octanol–water partition coefficient (Wildman–Crippen LogP) is 3.20. The van der Waals surface area contributed by atoms with Crippen molar-refractivity contribution in [1.29, 1.82) is 0 Å². The van der Waals surface area contributed by atoms with Crippen LogP contribution in [0.15, 0.2) is 4.52 Å².